The van der Waals surface area contributed by atoms with Crippen molar-refractivity contribution < 1.29 is 18.0 Å². The first kappa shape index (κ1) is 16.7. The van der Waals surface area contributed by atoms with Crippen LogP contribution in [0.25, 0.3) is 11.1 Å². The van der Waals surface area contributed by atoms with Gasteiger partial charge < -0.3 is 9.32 Å². The Labute approximate surface area is 149 Å². The van der Waals surface area contributed by atoms with E-state index in [1.807, 2.05) is 13.0 Å². The number of rotatable bonds is 3. The van der Waals surface area contributed by atoms with Gasteiger partial charge in [-0.3, -0.25) is 4.79 Å². The van der Waals surface area contributed by atoms with Gasteiger partial charge in [0.15, 0.2) is 5.58 Å². The van der Waals surface area contributed by atoms with Crippen LogP contribution in [0.1, 0.15) is 30.4 Å². The minimum atomic E-state index is -3.38. The summed E-state index contributed by atoms with van der Waals surface area (Å²) in [5.74, 6) is -4.39. The van der Waals surface area contributed by atoms with Crippen molar-refractivity contribution in [2.24, 2.45) is 0 Å². The van der Waals surface area contributed by atoms with Gasteiger partial charge in [0, 0.05) is 19.2 Å². The number of hydrogen-bond acceptors (Lipinski definition) is 3. The molecule has 26 heavy (non-hydrogen) atoms. The number of halogens is 2. The fourth-order valence-electron chi connectivity index (χ4n) is 3.70. The van der Waals surface area contributed by atoms with Crippen molar-refractivity contribution in [1.29, 1.82) is 0 Å². The van der Waals surface area contributed by atoms with Gasteiger partial charge in [-0.05, 0) is 37.6 Å². The molecular weight excluding hydrogens is 338 g/mol. The van der Waals surface area contributed by atoms with E-state index in [0.29, 0.717) is 22.4 Å². The number of benzene rings is 2. The normalized spacial score (nSPS) is 20.0. The molecule has 0 fully saturated rings. The van der Waals surface area contributed by atoms with Crippen LogP contribution in [0, 0.1) is 6.92 Å². The number of carbonyl (C=O) groups is 1. The zero-order valence-corrected chi connectivity index (χ0v) is 14.7. The number of hydrogen-bond donors (Lipinski definition) is 0. The molecule has 0 aliphatic carbocycles. The van der Waals surface area contributed by atoms with Crippen LogP contribution < -0.4 is 4.90 Å². The quantitative estimate of drug-likeness (QED) is 0.691. The number of oxazole rings is 1. The van der Waals surface area contributed by atoms with Crippen molar-refractivity contribution in [3.8, 4) is 0 Å². The van der Waals surface area contributed by atoms with Crippen molar-refractivity contribution in [3.05, 3.63) is 59.5 Å². The second-order valence-electron chi connectivity index (χ2n) is 7.08. The number of likely N-dealkylation sites (N-methyl/N-ethyl adjacent to an activating group) is 1. The molecule has 4 nitrogen and oxygen atoms in total. The van der Waals surface area contributed by atoms with E-state index in [1.165, 1.54) is 4.90 Å². The van der Waals surface area contributed by atoms with Crippen molar-refractivity contribution in [2.45, 2.75) is 31.6 Å². The Morgan fingerprint density at radius 2 is 1.96 bits per heavy atom. The molecule has 0 N–H and O–H groups in total. The molecule has 1 amide bonds. The van der Waals surface area contributed by atoms with Crippen LogP contribution in [-0.2, 0) is 16.1 Å². The maximum absolute atomic E-state index is 15.1. The van der Waals surface area contributed by atoms with Gasteiger partial charge in [-0.15, -0.1) is 0 Å². The lowest BCUT2D eigenvalue weighted by atomic mass is 9.78. The molecule has 1 aromatic heterocycles. The number of aromatic nitrogens is 1. The number of alkyl halides is 2. The summed E-state index contributed by atoms with van der Waals surface area (Å²) in [4.78, 5) is 18.2. The smallest absolute Gasteiger partial charge is 0.323 e. The van der Waals surface area contributed by atoms with E-state index in [9.17, 15) is 4.79 Å². The molecule has 0 radical (unpaired) electrons. The number of aryl methyl sites for hydroxylation is 1. The maximum atomic E-state index is 15.1. The molecule has 0 saturated heterocycles. The third kappa shape index (κ3) is 2.32. The van der Waals surface area contributed by atoms with E-state index in [-0.39, 0.29) is 5.91 Å². The van der Waals surface area contributed by atoms with Crippen LogP contribution in [0.3, 0.4) is 0 Å². The second kappa shape index (κ2) is 5.37. The molecule has 1 atom stereocenters. The van der Waals surface area contributed by atoms with Gasteiger partial charge in [0.2, 0.25) is 5.91 Å². The highest BCUT2D eigenvalue weighted by Crippen LogP contribution is 2.49. The average Bonchev–Trinajstić information content (AvgIpc) is 3.11. The Bertz CT molecular complexity index is 995. The Hall–Kier alpha value is -2.76. The minimum absolute atomic E-state index is 0.304. The Morgan fingerprint density at radius 1 is 1.23 bits per heavy atom. The predicted molar refractivity (Wildman–Crippen MR) is 94.5 cm³/mol. The SMILES string of the molecule is Cc1ccc2c(c1)C(C)(CC(F)(F)c1nc3ccccc3o1)C(=O)N2C. The molecular formula is C20H18F2N2O2. The molecule has 2 aromatic carbocycles. The summed E-state index contributed by atoms with van der Waals surface area (Å²) in [5.41, 5.74) is 1.53. The summed E-state index contributed by atoms with van der Waals surface area (Å²) >= 11 is 0. The molecule has 4 rings (SSSR count). The standard InChI is InChI=1S/C20H18F2N2O2/c1-12-8-9-15-13(10-12)19(2,18(25)24(15)3)11-20(21,22)17-23-14-6-4-5-7-16(14)26-17/h4-10H,11H2,1-3H3. The lowest BCUT2D eigenvalue weighted by molar-refractivity contribution is -0.128. The lowest BCUT2D eigenvalue weighted by Gasteiger charge is -2.27. The first-order chi connectivity index (χ1) is 12.2. The van der Waals surface area contributed by atoms with Crippen LogP contribution >= 0.6 is 0 Å². The highest BCUT2D eigenvalue weighted by molar-refractivity contribution is 6.07. The fourth-order valence-corrected chi connectivity index (χ4v) is 3.70. The highest BCUT2D eigenvalue weighted by Gasteiger charge is 2.54. The van der Waals surface area contributed by atoms with Gasteiger partial charge in [-0.2, -0.15) is 8.78 Å². The molecule has 6 heteroatoms. The first-order valence-electron chi connectivity index (χ1n) is 8.35. The van der Waals surface area contributed by atoms with Gasteiger partial charge in [0.25, 0.3) is 5.89 Å². The molecule has 3 aromatic rings. The highest BCUT2D eigenvalue weighted by atomic mass is 19.3. The fraction of sp³-hybridized carbons (Fsp3) is 0.300. The average molecular weight is 356 g/mol. The zero-order chi connectivity index (χ0) is 18.7. The molecule has 1 unspecified atom stereocenters. The van der Waals surface area contributed by atoms with Crippen molar-refractivity contribution in [1.82, 2.24) is 4.98 Å². The van der Waals surface area contributed by atoms with Crippen LogP contribution in [0.5, 0.6) is 0 Å². The van der Waals surface area contributed by atoms with E-state index >= 15 is 8.78 Å². The number of anilines is 1. The monoisotopic (exact) mass is 356 g/mol. The Morgan fingerprint density at radius 3 is 2.69 bits per heavy atom. The second-order valence-corrected chi connectivity index (χ2v) is 7.08. The largest absolute Gasteiger partial charge is 0.435 e. The lowest BCUT2D eigenvalue weighted by Crippen LogP contribution is -2.40. The van der Waals surface area contributed by atoms with Gasteiger partial charge in [-0.1, -0.05) is 29.8 Å². The van der Waals surface area contributed by atoms with Crippen molar-refractivity contribution in [3.63, 3.8) is 0 Å². The summed E-state index contributed by atoms with van der Waals surface area (Å²) in [6, 6.07) is 12.1. The van der Waals surface area contributed by atoms with E-state index in [0.717, 1.165) is 5.56 Å². The van der Waals surface area contributed by atoms with Gasteiger partial charge in [0.05, 0.1) is 5.41 Å². The zero-order valence-electron chi connectivity index (χ0n) is 14.7. The molecule has 1 aliphatic rings. The third-order valence-electron chi connectivity index (χ3n) is 5.07. The molecule has 1 aliphatic heterocycles. The summed E-state index contributed by atoms with van der Waals surface area (Å²) in [5, 5.41) is 0. The van der Waals surface area contributed by atoms with E-state index in [1.54, 1.807) is 50.4 Å². The number of nitrogens with zero attached hydrogens (tertiary/aromatic N) is 2. The van der Waals surface area contributed by atoms with E-state index < -0.39 is 23.6 Å². The molecule has 0 saturated carbocycles. The molecule has 0 spiro atoms. The first-order valence-corrected chi connectivity index (χ1v) is 8.35. The van der Waals surface area contributed by atoms with Gasteiger partial charge >= 0.3 is 5.92 Å². The Balaban J connectivity index is 1.77. The topological polar surface area (TPSA) is 46.3 Å². The van der Waals surface area contributed by atoms with Gasteiger partial charge in [-0.25, -0.2) is 4.98 Å². The van der Waals surface area contributed by atoms with Crippen LogP contribution in [0.15, 0.2) is 46.9 Å². The maximum Gasteiger partial charge on any atom is 0.323 e. The number of amides is 1. The van der Waals surface area contributed by atoms with Crippen LogP contribution in [0.2, 0.25) is 0 Å². The van der Waals surface area contributed by atoms with E-state index in [2.05, 4.69) is 4.98 Å². The molecule has 2 heterocycles. The van der Waals surface area contributed by atoms with Crippen LogP contribution in [0.4, 0.5) is 14.5 Å². The number of para-hydroxylation sites is 2. The van der Waals surface area contributed by atoms with E-state index in [4.69, 9.17) is 4.42 Å². The number of carbonyl (C=O) groups excluding carboxylic acids is 1. The van der Waals surface area contributed by atoms with Gasteiger partial charge in [0.1, 0.15) is 5.52 Å². The summed E-state index contributed by atoms with van der Waals surface area (Å²) in [6.07, 6.45) is -0.702. The number of fused-ring (bicyclic) bond motifs is 2. The summed E-state index contributed by atoms with van der Waals surface area (Å²) < 4.78 is 35.4. The minimum Gasteiger partial charge on any atom is -0.435 e. The van der Waals surface area contributed by atoms with Crippen molar-refractivity contribution >= 4 is 22.7 Å². The predicted octanol–water partition coefficient (Wildman–Crippen LogP) is 4.55. The molecule has 0 bridgehead atoms. The van der Waals surface area contributed by atoms with Crippen LogP contribution in [-0.4, -0.2) is 17.9 Å². The van der Waals surface area contributed by atoms with Crippen molar-refractivity contribution in [2.75, 3.05) is 11.9 Å². The molecule has 134 valence electrons. The Kier molecular flexibility index (Phi) is 3.45. The third-order valence-corrected chi connectivity index (χ3v) is 5.07. The summed E-state index contributed by atoms with van der Waals surface area (Å²) in [6.45, 7) is 3.44. The summed E-state index contributed by atoms with van der Waals surface area (Å²) in [7, 11) is 1.61.